The third kappa shape index (κ3) is 3.84. The fourth-order valence-corrected chi connectivity index (χ4v) is 3.93. The van der Waals surface area contributed by atoms with Crippen molar-refractivity contribution in [3.63, 3.8) is 0 Å². The molecule has 0 radical (unpaired) electrons. The van der Waals surface area contributed by atoms with Gasteiger partial charge in [0.2, 0.25) is 5.91 Å². The Morgan fingerprint density at radius 1 is 1.36 bits per heavy atom. The fraction of sp³-hybridized carbons (Fsp3) is 0.750. The molecule has 1 fully saturated rings. The first-order valence-electron chi connectivity index (χ1n) is 8.31. The lowest BCUT2D eigenvalue weighted by atomic mass is 9.94. The molecule has 2 heterocycles. The number of thioether (sulfide) groups is 1. The van der Waals surface area contributed by atoms with Gasteiger partial charge in [0.05, 0.1) is 30.2 Å². The summed E-state index contributed by atoms with van der Waals surface area (Å²) in [6.45, 7) is 3.64. The van der Waals surface area contributed by atoms with Crippen LogP contribution in [0.4, 0.5) is 0 Å². The molecular formula is C16H26N4OS. The minimum absolute atomic E-state index is 0.0855. The lowest BCUT2D eigenvalue weighted by Crippen LogP contribution is -2.42. The molecule has 1 aliphatic carbocycles. The largest absolute Gasteiger partial charge is 0.350 e. The molecule has 6 heteroatoms. The van der Waals surface area contributed by atoms with Crippen molar-refractivity contribution < 1.29 is 4.79 Å². The van der Waals surface area contributed by atoms with Gasteiger partial charge < -0.3 is 5.32 Å². The number of aromatic nitrogens is 2. The highest BCUT2D eigenvalue weighted by Gasteiger charge is 2.25. The van der Waals surface area contributed by atoms with E-state index >= 15 is 0 Å². The average molecular weight is 322 g/mol. The molecule has 1 aromatic rings. The van der Waals surface area contributed by atoms with E-state index in [9.17, 15) is 4.79 Å². The van der Waals surface area contributed by atoms with Gasteiger partial charge in [-0.05, 0) is 25.2 Å². The molecule has 1 N–H and O–H groups in total. The molecule has 1 aliphatic heterocycles. The fourth-order valence-electron chi connectivity index (χ4n) is 3.56. The van der Waals surface area contributed by atoms with Crippen molar-refractivity contribution in [1.29, 1.82) is 0 Å². The average Bonchev–Trinajstić information content (AvgIpc) is 2.96. The van der Waals surface area contributed by atoms with Crippen LogP contribution in [0.15, 0.2) is 6.07 Å². The summed E-state index contributed by atoms with van der Waals surface area (Å²) in [5, 5.41) is 7.57. The molecule has 5 nitrogen and oxygen atoms in total. The quantitative estimate of drug-likeness (QED) is 0.901. The second-order valence-corrected chi connectivity index (χ2v) is 7.19. The zero-order valence-corrected chi connectivity index (χ0v) is 14.2. The van der Waals surface area contributed by atoms with Crippen LogP contribution in [0.25, 0.3) is 0 Å². The minimum atomic E-state index is 0.0855. The van der Waals surface area contributed by atoms with Gasteiger partial charge in [-0.25, -0.2) is 0 Å². The Morgan fingerprint density at radius 3 is 2.95 bits per heavy atom. The normalized spacial score (nSPS) is 19.9. The molecule has 1 amide bonds. The van der Waals surface area contributed by atoms with E-state index in [2.05, 4.69) is 26.1 Å². The number of amides is 1. The van der Waals surface area contributed by atoms with E-state index < -0.39 is 0 Å². The van der Waals surface area contributed by atoms with Crippen LogP contribution in [0.2, 0.25) is 0 Å². The predicted molar refractivity (Wildman–Crippen MR) is 89.7 cm³/mol. The molecule has 0 atom stereocenters. The van der Waals surface area contributed by atoms with E-state index in [1.807, 2.05) is 6.26 Å². The smallest absolute Gasteiger partial charge is 0.230 e. The van der Waals surface area contributed by atoms with Crippen LogP contribution in [0.3, 0.4) is 0 Å². The van der Waals surface area contributed by atoms with Crippen molar-refractivity contribution in [3.8, 4) is 0 Å². The highest BCUT2D eigenvalue weighted by Crippen LogP contribution is 2.26. The lowest BCUT2D eigenvalue weighted by molar-refractivity contribution is -0.118. The summed E-state index contributed by atoms with van der Waals surface area (Å²) in [4.78, 5) is 14.2. The minimum Gasteiger partial charge on any atom is -0.350 e. The van der Waals surface area contributed by atoms with E-state index in [1.54, 1.807) is 11.8 Å². The Kier molecular flexibility index (Phi) is 5.41. The van der Waals surface area contributed by atoms with Gasteiger partial charge >= 0.3 is 0 Å². The summed E-state index contributed by atoms with van der Waals surface area (Å²) in [6.07, 6.45) is 8.81. The van der Waals surface area contributed by atoms with Gasteiger partial charge in [-0.15, -0.1) is 0 Å². The van der Waals surface area contributed by atoms with Crippen molar-refractivity contribution in [3.05, 3.63) is 17.5 Å². The number of nitrogens with zero attached hydrogens (tertiary/aromatic N) is 3. The second-order valence-electron chi connectivity index (χ2n) is 6.32. The second kappa shape index (κ2) is 7.51. The highest BCUT2D eigenvalue weighted by atomic mass is 32.2. The maximum atomic E-state index is 11.5. The number of rotatable bonds is 5. The van der Waals surface area contributed by atoms with E-state index in [1.165, 1.54) is 37.8 Å². The van der Waals surface area contributed by atoms with E-state index in [-0.39, 0.29) is 5.91 Å². The third-order valence-electron chi connectivity index (χ3n) is 4.71. The first-order valence-corrected chi connectivity index (χ1v) is 9.71. The monoisotopic (exact) mass is 322 g/mol. The van der Waals surface area contributed by atoms with Gasteiger partial charge in [-0.1, -0.05) is 19.3 Å². The molecule has 3 rings (SSSR count). The maximum Gasteiger partial charge on any atom is 0.230 e. The predicted octanol–water partition coefficient (Wildman–Crippen LogP) is 2.01. The van der Waals surface area contributed by atoms with E-state index in [0.29, 0.717) is 12.3 Å². The molecule has 1 aromatic heterocycles. The Labute approximate surface area is 136 Å². The van der Waals surface area contributed by atoms with Gasteiger partial charge in [-0.3, -0.25) is 14.4 Å². The van der Waals surface area contributed by atoms with Gasteiger partial charge in [0.15, 0.2) is 0 Å². The zero-order chi connectivity index (χ0) is 15.4. The molecule has 0 saturated heterocycles. The van der Waals surface area contributed by atoms with Crippen LogP contribution in [0.5, 0.6) is 0 Å². The van der Waals surface area contributed by atoms with Crippen LogP contribution in [-0.4, -0.2) is 45.2 Å². The summed E-state index contributed by atoms with van der Waals surface area (Å²) in [5.41, 5.74) is 2.28. The SMILES string of the molecule is CSCC(=O)NCc1cc2n(n1)CCN(C1CCCCC1)C2. The Bertz CT molecular complexity index is 510. The van der Waals surface area contributed by atoms with Crippen molar-refractivity contribution in [2.24, 2.45) is 0 Å². The molecule has 1 saturated carbocycles. The lowest BCUT2D eigenvalue weighted by Gasteiger charge is -2.36. The summed E-state index contributed by atoms with van der Waals surface area (Å²) in [7, 11) is 0. The molecule has 22 heavy (non-hydrogen) atoms. The first-order chi connectivity index (χ1) is 10.8. The Balaban J connectivity index is 1.56. The van der Waals surface area contributed by atoms with Crippen LogP contribution >= 0.6 is 11.8 Å². The first kappa shape index (κ1) is 15.9. The standard InChI is InChI=1S/C16H26N4OS/c1-22-12-16(21)17-10-13-9-15-11-19(7-8-20(15)18-13)14-5-3-2-4-6-14/h9,14H,2-8,10-12H2,1H3,(H,17,21). The summed E-state index contributed by atoms with van der Waals surface area (Å²) < 4.78 is 2.12. The number of fused-ring (bicyclic) bond motifs is 1. The molecule has 0 spiro atoms. The van der Waals surface area contributed by atoms with Crippen molar-refractivity contribution in [1.82, 2.24) is 20.0 Å². The van der Waals surface area contributed by atoms with Gasteiger partial charge in [0, 0.05) is 19.1 Å². The number of hydrogen-bond donors (Lipinski definition) is 1. The van der Waals surface area contributed by atoms with Crippen LogP contribution in [0, 0.1) is 0 Å². The van der Waals surface area contributed by atoms with Crippen molar-refractivity contribution in [2.45, 2.75) is 57.8 Å². The molecule has 0 aromatic carbocycles. The third-order valence-corrected chi connectivity index (χ3v) is 5.26. The summed E-state index contributed by atoms with van der Waals surface area (Å²) >= 11 is 1.54. The summed E-state index contributed by atoms with van der Waals surface area (Å²) in [5.74, 6) is 0.602. The van der Waals surface area contributed by atoms with Crippen LogP contribution in [-0.2, 0) is 24.4 Å². The molecule has 122 valence electrons. The highest BCUT2D eigenvalue weighted by molar-refractivity contribution is 7.99. The van der Waals surface area contributed by atoms with Gasteiger partial charge in [0.25, 0.3) is 0 Å². The maximum absolute atomic E-state index is 11.5. The topological polar surface area (TPSA) is 50.2 Å². The van der Waals surface area contributed by atoms with E-state index in [4.69, 9.17) is 0 Å². The zero-order valence-electron chi connectivity index (χ0n) is 13.4. The number of hydrogen-bond acceptors (Lipinski definition) is 4. The molecule has 2 aliphatic rings. The van der Waals surface area contributed by atoms with Gasteiger partial charge in [-0.2, -0.15) is 16.9 Å². The van der Waals surface area contributed by atoms with Crippen molar-refractivity contribution in [2.75, 3.05) is 18.6 Å². The Hall–Kier alpha value is -1.01. The summed E-state index contributed by atoms with van der Waals surface area (Å²) in [6, 6.07) is 2.93. The molecule has 0 unspecified atom stereocenters. The van der Waals surface area contributed by atoms with Crippen LogP contribution < -0.4 is 5.32 Å². The van der Waals surface area contributed by atoms with Crippen molar-refractivity contribution >= 4 is 17.7 Å². The molecular weight excluding hydrogens is 296 g/mol. The van der Waals surface area contributed by atoms with Crippen LogP contribution in [0.1, 0.15) is 43.5 Å². The number of carbonyl (C=O) groups excluding carboxylic acids is 1. The number of nitrogens with one attached hydrogen (secondary N) is 1. The molecule has 0 bridgehead atoms. The van der Waals surface area contributed by atoms with Gasteiger partial charge in [0.1, 0.15) is 0 Å². The number of carbonyl (C=O) groups is 1. The van der Waals surface area contributed by atoms with E-state index in [0.717, 1.165) is 31.4 Å². The Morgan fingerprint density at radius 2 is 2.18 bits per heavy atom.